The molecule has 0 radical (unpaired) electrons. The van der Waals surface area contributed by atoms with Crippen molar-refractivity contribution in [2.24, 2.45) is 4.99 Å². The fourth-order valence-electron chi connectivity index (χ4n) is 2.65. The van der Waals surface area contributed by atoms with Gasteiger partial charge in [0.15, 0.2) is 5.96 Å². The largest absolute Gasteiger partial charge is 0.444 e. The van der Waals surface area contributed by atoms with E-state index in [1.807, 2.05) is 24.3 Å². The zero-order valence-corrected chi connectivity index (χ0v) is 16.3. The summed E-state index contributed by atoms with van der Waals surface area (Å²) in [7, 11) is 1.74. The molecule has 146 valence electrons. The van der Waals surface area contributed by atoms with E-state index in [0.717, 1.165) is 35.2 Å². The smallest absolute Gasteiger partial charge is 0.226 e. The number of rotatable bonds is 7. The number of benzene rings is 2. The highest BCUT2D eigenvalue weighted by Gasteiger charge is 2.07. The van der Waals surface area contributed by atoms with Crippen LogP contribution in [-0.4, -0.2) is 31.1 Å². The lowest BCUT2D eigenvalue weighted by molar-refractivity contribution is 0.571. The van der Waals surface area contributed by atoms with E-state index in [9.17, 15) is 4.39 Å². The van der Waals surface area contributed by atoms with Crippen LogP contribution in [0.1, 0.15) is 11.3 Å². The van der Waals surface area contributed by atoms with Crippen LogP contribution in [0, 0.1) is 5.82 Å². The molecule has 0 aliphatic carbocycles. The molecule has 0 aliphatic heterocycles. The molecule has 1 aromatic heterocycles. The molecule has 0 saturated carbocycles. The first-order chi connectivity index (χ1) is 13.6. The van der Waals surface area contributed by atoms with Gasteiger partial charge in [0.2, 0.25) is 5.89 Å². The minimum absolute atomic E-state index is 0.283. The van der Waals surface area contributed by atoms with Crippen molar-refractivity contribution in [3.63, 3.8) is 0 Å². The molecule has 0 amide bonds. The molecule has 2 N–H and O–H groups in total. The fourth-order valence-corrected chi connectivity index (χ4v) is 2.78. The minimum atomic E-state index is -0.283. The Hall–Kier alpha value is -2.86. The average molecular weight is 401 g/mol. The van der Waals surface area contributed by atoms with Crippen molar-refractivity contribution in [2.75, 3.05) is 20.1 Å². The van der Waals surface area contributed by atoms with Gasteiger partial charge in [0, 0.05) is 37.1 Å². The highest BCUT2D eigenvalue weighted by atomic mass is 35.5. The van der Waals surface area contributed by atoms with Crippen molar-refractivity contribution in [1.29, 1.82) is 0 Å². The summed E-state index contributed by atoms with van der Waals surface area (Å²) in [4.78, 5) is 8.66. The van der Waals surface area contributed by atoms with Gasteiger partial charge in [0.25, 0.3) is 0 Å². The zero-order valence-electron chi connectivity index (χ0n) is 15.6. The third-order valence-corrected chi connectivity index (χ3v) is 4.41. The van der Waals surface area contributed by atoms with Crippen LogP contribution in [-0.2, 0) is 12.8 Å². The molecule has 0 bridgehead atoms. The summed E-state index contributed by atoms with van der Waals surface area (Å²) < 4.78 is 18.5. The molecule has 0 fully saturated rings. The molecule has 0 unspecified atom stereocenters. The van der Waals surface area contributed by atoms with Crippen molar-refractivity contribution in [3.8, 4) is 11.5 Å². The zero-order chi connectivity index (χ0) is 19.8. The van der Waals surface area contributed by atoms with E-state index in [2.05, 4.69) is 20.6 Å². The minimum Gasteiger partial charge on any atom is -0.444 e. The fraction of sp³-hybridized carbons (Fsp3) is 0.238. The maximum absolute atomic E-state index is 13.0. The van der Waals surface area contributed by atoms with Gasteiger partial charge in [0.1, 0.15) is 12.1 Å². The van der Waals surface area contributed by atoms with E-state index in [1.54, 1.807) is 25.4 Å². The van der Waals surface area contributed by atoms with E-state index in [4.69, 9.17) is 16.0 Å². The van der Waals surface area contributed by atoms with Gasteiger partial charge in [-0.25, -0.2) is 9.37 Å². The number of oxazole rings is 1. The Morgan fingerprint density at radius 3 is 2.39 bits per heavy atom. The SMILES string of the molecule is CN=C(NCCc1ccc(Cl)cc1)NCCc1coc(-c2ccc(F)cc2)n1. The summed E-state index contributed by atoms with van der Waals surface area (Å²) in [6.07, 6.45) is 3.18. The molecule has 3 aromatic rings. The molecular formula is C21H22ClFN4O. The van der Waals surface area contributed by atoms with E-state index in [-0.39, 0.29) is 5.82 Å². The van der Waals surface area contributed by atoms with Gasteiger partial charge in [0.05, 0.1) is 5.69 Å². The van der Waals surface area contributed by atoms with Gasteiger partial charge < -0.3 is 15.1 Å². The first-order valence-electron chi connectivity index (χ1n) is 9.03. The van der Waals surface area contributed by atoms with Gasteiger partial charge in [-0.15, -0.1) is 0 Å². The maximum Gasteiger partial charge on any atom is 0.226 e. The Labute approximate surface area is 168 Å². The maximum atomic E-state index is 13.0. The van der Waals surface area contributed by atoms with Crippen LogP contribution in [0.3, 0.4) is 0 Å². The molecule has 0 spiro atoms. The second-order valence-corrected chi connectivity index (χ2v) is 6.64. The first-order valence-corrected chi connectivity index (χ1v) is 9.41. The predicted octanol–water partition coefficient (Wildman–Crippen LogP) is 4.08. The highest BCUT2D eigenvalue weighted by molar-refractivity contribution is 6.30. The van der Waals surface area contributed by atoms with Crippen LogP contribution < -0.4 is 10.6 Å². The Bertz CT molecular complexity index is 907. The molecule has 0 aliphatic rings. The van der Waals surface area contributed by atoms with E-state index < -0.39 is 0 Å². The lowest BCUT2D eigenvalue weighted by Crippen LogP contribution is -2.39. The second kappa shape index (κ2) is 9.90. The van der Waals surface area contributed by atoms with Crippen molar-refractivity contribution in [3.05, 3.63) is 76.9 Å². The Morgan fingerprint density at radius 1 is 1.04 bits per heavy atom. The number of nitrogens with one attached hydrogen (secondary N) is 2. The number of aromatic nitrogens is 1. The summed E-state index contributed by atoms with van der Waals surface area (Å²) in [5, 5.41) is 7.28. The molecule has 3 rings (SSSR count). The van der Waals surface area contributed by atoms with Crippen LogP contribution in [0.15, 0.2) is 64.2 Å². The van der Waals surface area contributed by atoms with E-state index >= 15 is 0 Å². The lowest BCUT2D eigenvalue weighted by atomic mass is 10.1. The molecule has 0 saturated heterocycles. The number of aliphatic imine (C=N–C) groups is 1. The Balaban J connectivity index is 1.42. The van der Waals surface area contributed by atoms with Crippen molar-refractivity contribution >= 4 is 17.6 Å². The predicted molar refractivity (Wildman–Crippen MR) is 110 cm³/mol. The quantitative estimate of drug-likeness (QED) is 0.463. The molecule has 7 heteroatoms. The number of hydrogen-bond donors (Lipinski definition) is 2. The van der Waals surface area contributed by atoms with Gasteiger partial charge in [-0.05, 0) is 48.4 Å². The standard InChI is InChI=1S/C21H22ClFN4O/c1-24-21(25-12-10-15-2-6-17(22)7-3-15)26-13-11-19-14-28-20(27-19)16-4-8-18(23)9-5-16/h2-9,14H,10-13H2,1H3,(H2,24,25,26). The Morgan fingerprint density at radius 2 is 1.71 bits per heavy atom. The summed E-state index contributed by atoms with van der Waals surface area (Å²) in [6, 6.07) is 13.9. The van der Waals surface area contributed by atoms with Crippen LogP contribution in [0.25, 0.3) is 11.5 Å². The molecule has 2 aromatic carbocycles. The third kappa shape index (κ3) is 5.82. The summed E-state index contributed by atoms with van der Waals surface area (Å²) in [6.45, 7) is 1.43. The van der Waals surface area contributed by atoms with E-state index in [0.29, 0.717) is 18.9 Å². The monoisotopic (exact) mass is 400 g/mol. The van der Waals surface area contributed by atoms with Gasteiger partial charge in [-0.1, -0.05) is 23.7 Å². The Kier molecular flexibility index (Phi) is 7.03. The second-order valence-electron chi connectivity index (χ2n) is 6.20. The topological polar surface area (TPSA) is 62.5 Å². The summed E-state index contributed by atoms with van der Waals surface area (Å²) in [5.41, 5.74) is 2.78. The van der Waals surface area contributed by atoms with Crippen LogP contribution in [0.5, 0.6) is 0 Å². The summed E-state index contributed by atoms with van der Waals surface area (Å²) >= 11 is 5.90. The van der Waals surface area contributed by atoms with Crippen molar-refractivity contribution in [2.45, 2.75) is 12.8 Å². The van der Waals surface area contributed by atoms with Crippen LogP contribution >= 0.6 is 11.6 Å². The van der Waals surface area contributed by atoms with Crippen LogP contribution in [0.2, 0.25) is 5.02 Å². The highest BCUT2D eigenvalue weighted by Crippen LogP contribution is 2.19. The number of guanidine groups is 1. The first kappa shape index (κ1) is 19.9. The number of hydrogen-bond acceptors (Lipinski definition) is 3. The van der Waals surface area contributed by atoms with Gasteiger partial charge in [-0.3, -0.25) is 4.99 Å². The van der Waals surface area contributed by atoms with Gasteiger partial charge >= 0.3 is 0 Å². The van der Waals surface area contributed by atoms with E-state index in [1.165, 1.54) is 17.7 Å². The van der Waals surface area contributed by atoms with Crippen molar-refractivity contribution < 1.29 is 8.81 Å². The number of nitrogens with zero attached hydrogens (tertiary/aromatic N) is 2. The molecule has 1 heterocycles. The average Bonchev–Trinajstić information content (AvgIpc) is 3.17. The number of halogens is 2. The third-order valence-electron chi connectivity index (χ3n) is 4.16. The lowest BCUT2D eigenvalue weighted by Gasteiger charge is -2.11. The van der Waals surface area contributed by atoms with Crippen molar-refractivity contribution in [1.82, 2.24) is 15.6 Å². The van der Waals surface area contributed by atoms with Gasteiger partial charge in [-0.2, -0.15) is 0 Å². The molecule has 28 heavy (non-hydrogen) atoms. The van der Waals surface area contributed by atoms with Crippen LogP contribution in [0.4, 0.5) is 4.39 Å². The molecular weight excluding hydrogens is 379 g/mol. The molecule has 5 nitrogen and oxygen atoms in total. The summed E-state index contributed by atoms with van der Waals surface area (Å²) in [5.74, 6) is 0.936. The molecule has 0 atom stereocenters. The normalized spacial score (nSPS) is 11.5.